The van der Waals surface area contributed by atoms with Crippen molar-refractivity contribution in [2.75, 3.05) is 9.80 Å². The van der Waals surface area contributed by atoms with Crippen LogP contribution in [0.15, 0.2) is 158 Å². The summed E-state index contributed by atoms with van der Waals surface area (Å²) in [6.07, 6.45) is 2.43. The number of anilines is 6. The maximum atomic E-state index is 2.72. The maximum Gasteiger partial charge on any atom is 0.252 e. The van der Waals surface area contributed by atoms with Crippen molar-refractivity contribution >= 4 is 106 Å². The van der Waals surface area contributed by atoms with Crippen LogP contribution in [-0.4, -0.2) is 15.7 Å². The Morgan fingerprint density at radius 1 is 0.347 bits per heavy atom. The first-order valence-corrected chi connectivity index (χ1v) is 27.4. The van der Waals surface area contributed by atoms with Crippen LogP contribution < -0.4 is 26.2 Å². The van der Waals surface area contributed by atoms with Gasteiger partial charge < -0.3 is 18.8 Å². The number of para-hydroxylation sites is 2. The SMILES string of the molecule is CC(C)(C)c1ccc(N2c3ccc(C(C)(C)C)cc3B3c4cc(C(C)(C)C)ccc4N(c4cn(-c5ccccc5)c5ccccc45)c4c3c2c2c3cc(C(C)(C)C)ccc3n3c5ccc(C(C)(C)C)cc5c4c23)cc1. The minimum absolute atomic E-state index is 0.000237. The minimum Gasteiger partial charge on any atom is -0.314 e. The van der Waals surface area contributed by atoms with Crippen molar-refractivity contribution in [3.8, 4) is 5.69 Å². The van der Waals surface area contributed by atoms with E-state index in [4.69, 9.17) is 0 Å². The molecule has 2 aliphatic heterocycles. The second kappa shape index (κ2) is 15.7. The number of hydrogen-bond acceptors (Lipinski definition) is 2. The average molecular weight is 979 g/mol. The lowest BCUT2D eigenvalue weighted by atomic mass is 9.33. The Bertz CT molecular complexity index is 4130. The molecule has 4 nitrogen and oxygen atoms in total. The summed E-state index contributed by atoms with van der Waals surface area (Å²) < 4.78 is 5.05. The van der Waals surface area contributed by atoms with E-state index in [0.717, 1.165) is 5.69 Å². The minimum atomic E-state index is -0.0897. The largest absolute Gasteiger partial charge is 0.314 e. The summed E-state index contributed by atoms with van der Waals surface area (Å²) in [5, 5.41) is 6.43. The van der Waals surface area contributed by atoms with Gasteiger partial charge in [0.15, 0.2) is 0 Å². The van der Waals surface area contributed by atoms with Crippen molar-refractivity contribution in [3.05, 3.63) is 186 Å². The molecule has 5 heterocycles. The van der Waals surface area contributed by atoms with E-state index < -0.39 is 0 Å². The van der Waals surface area contributed by atoms with Crippen molar-refractivity contribution in [2.45, 2.75) is 131 Å². The third-order valence-corrected chi connectivity index (χ3v) is 17.0. The highest BCUT2D eigenvalue weighted by Crippen LogP contribution is 2.56. The van der Waals surface area contributed by atoms with Crippen molar-refractivity contribution in [3.63, 3.8) is 0 Å². The number of fused-ring (bicyclic) bond motifs is 13. The van der Waals surface area contributed by atoms with E-state index in [9.17, 15) is 0 Å². The summed E-state index contributed by atoms with van der Waals surface area (Å²) in [5.41, 5.74) is 23.9. The van der Waals surface area contributed by atoms with Gasteiger partial charge in [-0.05, 0) is 138 Å². The molecular formula is C70H71BN4. The Labute approximate surface area is 445 Å². The lowest BCUT2D eigenvalue weighted by Gasteiger charge is -2.45. The molecule has 75 heavy (non-hydrogen) atoms. The Balaban J connectivity index is 1.31. The molecule has 13 rings (SSSR count). The van der Waals surface area contributed by atoms with Gasteiger partial charge in [0.2, 0.25) is 0 Å². The fourth-order valence-corrected chi connectivity index (χ4v) is 12.8. The zero-order chi connectivity index (χ0) is 52.6. The zero-order valence-electron chi connectivity index (χ0n) is 46.9. The van der Waals surface area contributed by atoms with Crippen LogP contribution in [0.5, 0.6) is 0 Å². The molecule has 0 N–H and O–H groups in total. The first-order chi connectivity index (χ1) is 35.4. The predicted octanol–water partition coefficient (Wildman–Crippen LogP) is 17.4. The molecule has 5 heteroatoms. The second-order valence-corrected chi connectivity index (χ2v) is 27.2. The van der Waals surface area contributed by atoms with Crippen LogP contribution in [0.1, 0.15) is 132 Å². The van der Waals surface area contributed by atoms with Gasteiger partial charge in [0.05, 0.1) is 39.1 Å². The van der Waals surface area contributed by atoms with Crippen molar-refractivity contribution in [1.29, 1.82) is 0 Å². The highest BCUT2D eigenvalue weighted by atomic mass is 15.2. The number of benzene rings is 8. The fraction of sp³-hybridized carbons (Fsp3) is 0.286. The molecule has 374 valence electrons. The van der Waals surface area contributed by atoms with Crippen molar-refractivity contribution in [1.82, 2.24) is 8.97 Å². The highest BCUT2D eigenvalue weighted by molar-refractivity contribution is 7.01. The predicted molar refractivity (Wildman–Crippen MR) is 325 cm³/mol. The van der Waals surface area contributed by atoms with Crippen molar-refractivity contribution in [2.24, 2.45) is 0 Å². The van der Waals surface area contributed by atoms with Gasteiger partial charge in [-0.2, -0.15) is 0 Å². The third kappa shape index (κ3) is 7.02. The van der Waals surface area contributed by atoms with Crippen LogP contribution in [0.4, 0.5) is 34.1 Å². The highest BCUT2D eigenvalue weighted by Gasteiger charge is 2.48. The normalized spacial score (nSPS) is 14.3. The number of hydrogen-bond donors (Lipinski definition) is 0. The lowest BCUT2D eigenvalue weighted by Crippen LogP contribution is -2.61. The van der Waals surface area contributed by atoms with E-state index in [-0.39, 0.29) is 33.8 Å². The van der Waals surface area contributed by atoms with Gasteiger partial charge >= 0.3 is 0 Å². The van der Waals surface area contributed by atoms with Gasteiger partial charge in [-0.15, -0.1) is 0 Å². The van der Waals surface area contributed by atoms with Gasteiger partial charge in [-0.3, -0.25) is 0 Å². The molecule has 2 aliphatic rings. The maximum absolute atomic E-state index is 2.72. The monoisotopic (exact) mass is 979 g/mol. The van der Waals surface area contributed by atoms with E-state index in [2.05, 4.69) is 280 Å². The Morgan fingerprint density at radius 3 is 1.31 bits per heavy atom. The van der Waals surface area contributed by atoms with Gasteiger partial charge in [0, 0.05) is 55.9 Å². The Kier molecular flexibility index (Phi) is 9.92. The first kappa shape index (κ1) is 47.5. The summed E-state index contributed by atoms with van der Waals surface area (Å²) in [6.45, 7) is 35.2. The van der Waals surface area contributed by atoms with Crippen LogP contribution in [0.3, 0.4) is 0 Å². The zero-order valence-corrected chi connectivity index (χ0v) is 46.9. The molecule has 0 unspecified atom stereocenters. The standard InChI is InChI=1S/C70H71BN4/c1-66(2,3)42-25-31-48(32-26-42)73-57-35-29-45(69(10,11)12)39-52(57)71-53-40-46(70(13,14)15)30-36-58(53)75(59-41-72(47-21-17-16-18-22-47)54-24-20-19-23-49(54)59)65-61-51-38-44(68(7,8)9)28-34-56(51)74-55-33-27-43(67(4,5)6)37-50(55)60(63(61)74)64(73)62(65)71/h16-41H,1-15H3. The van der Waals surface area contributed by atoms with Crippen LogP contribution in [-0.2, 0) is 27.1 Å². The smallest absolute Gasteiger partial charge is 0.252 e. The quantitative estimate of drug-likeness (QED) is 0.164. The van der Waals surface area contributed by atoms with Gasteiger partial charge in [-0.25, -0.2) is 0 Å². The molecule has 0 aliphatic carbocycles. The summed E-state index contributed by atoms with van der Waals surface area (Å²) in [6, 6.07) is 59.2. The van der Waals surface area contributed by atoms with Gasteiger partial charge in [-0.1, -0.05) is 189 Å². The summed E-state index contributed by atoms with van der Waals surface area (Å²) in [5.74, 6) is 0. The van der Waals surface area contributed by atoms with E-state index in [0.29, 0.717) is 0 Å². The second-order valence-electron chi connectivity index (χ2n) is 27.2. The van der Waals surface area contributed by atoms with Gasteiger partial charge in [0.25, 0.3) is 6.71 Å². The van der Waals surface area contributed by atoms with Crippen LogP contribution in [0.2, 0.25) is 0 Å². The number of rotatable bonds is 3. The Hall–Kier alpha value is -7.24. The average Bonchev–Trinajstić information content (AvgIpc) is 4.27. The molecule has 0 bridgehead atoms. The van der Waals surface area contributed by atoms with Crippen LogP contribution in [0, 0.1) is 0 Å². The molecule has 0 spiro atoms. The van der Waals surface area contributed by atoms with E-state index >= 15 is 0 Å². The van der Waals surface area contributed by atoms with Crippen LogP contribution in [0.25, 0.3) is 54.7 Å². The molecular weight excluding hydrogens is 908 g/mol. The van der Waals surface area contributed by atoms with E-state index in [1.54, 1.807) is 0 Å². The van der Waals surface area contributed by atoms with E-state index in [1.165, 1.54) is 127 Å². The number of aromatic nitrogens is 2. The molecule has 3 aromatic heterocycles. The summed E-state index contributed by atoms with van der Waals surface area (Å²) in [7, 11) is 0. The molecule has 0 saturated carbocycles. The molecule has 0 fully saturated rings. The summed E-state index contributed by atoms with van der Waals surface area (Å²) >= 11 is 0. The third-order valence-electron chi connectivity index (χ3n) is 17.0. The van der Waals surface area contributed by atoms with Gasteiger partial charge in [0.1, 0.15) is 0 Å². The Morgan fingerprint density at radius 2 is 0.787 bits per heavy atom. The molecule has 0 radical (unpaired) electrons. The summed E-state index contributed by atoms with van der Waals surface area (Å²) in [4.78, 5) is 5.40. The molecule has 0 saturated heterocycles. The molecule has 0 amide bonds. The topological polar surface area (TPSA) is 15.8 Å². The number of nitrogens with zero attached hydrogens (tertiary/aromatic N) is 4. The fourth-order valence-electron chi connectivity index (χ4n) is 12.8. The molecule has 0 atom stereocenters. The lowest BCUT2D eigenvalue weighted by molar-refractivity contribution is 0.590. The van der Waals surface area contributed by atoms with Crippen molar-refractivity contribution < 1.29 is 0 Å². The first-order valence-electron chi connectivity index (χ1n) is 27.4. The molecule has 8 aromatic carbocycles. The van der Waals surface area contributed by atoms with Crippen LogP contribution >= 0.6 is 0 Å². The van der Waals surface area contributed by atoms with E-state index in [1.807, 2.05) is 0 Å². The molecule has 11 aromatic rings.